The van der Waals surface area contributed by atoms with Gasteiger partial charge in [0.05, 0.1) is 6.10 Å². The SMILES string of the molecule is CCCNCC(C)OCCC(C)(C)C. The van der Waals surface area contributed by atoms with Crippen LogP contribution in [0.5, 0.6) is 0 Å². The molecule has 0 radical (unpaired) electrons. The average molecular weight is 201 g/mol. The Bertz CT molecular complexity index is 129. The van der Waals surface area contributed by atoms with Gasteiger partial charge in [-0.05, 0) is 31.7 Å². The summed E-state index contributed by atoms with van der Waals surface area (Å²) < 4.78 is 5.70. The van der Waals surface area contributed by atoms with Gasteiger partial charge in [-0.2, -0.15) is 0 Å². The molecule has 0 aliphatic carbocycles. The second-order valence-electron chi connectivity index (χ2n) is 5.20. The van der Waals surface area contributed by atoms with Crippen LogP contribution in [0.25, 0.3) is 0 Å². The van der Waals surface area contributed by atoms with Crippen molar-refractivity contribution in [1.82, 2.24) is 5.32 Å². The zero-order valence-electron chi connectivity index (χ0n) is 10.5. The molecule has 0 aromatic carbocycles. The molecule has 0 amide bonds. The highest BCUT2D eigenvalue weighted by Crippen LogP contribution is 2.18. The quantitative estimate of drug-likeness (QED) is 0.640. The van der Waals surface area contributed by atoms with Gasteiger partial charge in [-0.15, -0.1) is 0 Å². The maximum Gasteiger partial charge on any atom is 0.0671 e. The van der Waals surface area contributed by atoms with Crippen LogP contribution in [0.2, 0.25) is 0 Å². The Morgan fingerprint density at radius 1 is 1.29 bits per heavy atom. The molecule has 0 rings (SSSR count). The van der Waals surface area contributed by atoms with Gasteiger partial charge in [-0.3, -0.25) is 0 Å². The summed E-state index contributed by atoms with van der Waals surface area (Å²) >= 11 is 0. The summed E-state index contributed by atoms with van der Waals surface area (Å²) in [5, 5.41) is 3.36. The first kappa shape index (κ1) is 13.9. The third-order valence-corrected chi connectivity index (χ3v) is 2.11. The minimum absolute atomic E-state index is 0.337. The van der Waals surface area contributed by atoms with E-state index in [4.69, 9.17) is 4.74 Å². The molecule has 1 N–H and O–H groups in total. The molecule has 86 valence electrons. The minimum Gasteiger partial charge on any atom is -0.377 e. The van der Waals surface area contributed by atoms with Crippen LogP contribution in [0.1, 0.15) is 47.5 Å². The van der Waals surface area contributed by atoms with Crippen LogP contribution in [0, 0.1) is 5.41 Å². The van der Waals surface area contributed by atoms with Gasteiger partial charge in [0.2, 0.25) is 0 Å². The van der Waals surface area contributed by atoms with Gasteiger partial charge in [-0.25, -0.2) is 0 Å². The summed E-state index contributed by atoms with van der Waals surface area (Å²) in [7, 11) is 0. The van der Waals surface area contributed by atoms with Crippen LogP contribution < -0.4 is 5.32 Å². The summed E-state index contributed by atoms with van der Waals surface area (Å²) in [4.78, 5) is 0. The Morgan fingerprint density at radius 2 is 1.93 bits per heavy atom. The monoisotopic (exact) mass is 201 g/mol. The standard InChI is InChI=1S/C12H27NO/c1-6-8-13-10-11(2)14-9-7-12(3,4)5/h11,13H,6-10H2,1-5H3. The van der Waals surface area contributed by atoms with Gasteiger partial charge in [0, 0.05) is 13.2 Å². The van der Waals surface area contributed by atoms with E-state index in [-0.39, 0.29) is 0 Å². The predicted octanol–water partition coefficient (Wildman–Crippen LogP) is 2.83. The molecule has 0 heterocycles. The molecule has 0 aromatic rings. The molecule has 0 saturated carbocycles. The fourth-order valence-electron chi connectivity index (χ4n) is 1.11. The normalized spacial score (nSPS) is 14.4. The van der Waals surface area contributed by atoms with E-state index in [1.54, 1.807) is 0 Å². The summed E-state index contributed by atoms with van der Waals surface area (Å²) in [6, 6.07) is 0. The van der Waals surface area contributed by atoms with Crippen molar-refractivity contribution in [1.29, 1.82) is 0 Å². The zero-order chi connectivity index (χ0) is 11.0. The van der Waals surface area contributed by atoms with Gasteiger partial charge in [-0.1, -0.05) is 27.7 Å². The Hall–Kier alpha value is -0.0800. The molecule has 1 unspecified atom stereocenters. The molecule has 0 aromatic heterocycles. The van der Waals surface area contributed by atoms with E-state index in [0.29, 0.717) is 11.5 Å². The van der Waals surface area contributed by atoms with Crippen molar-refractivity contribution in [3.63, 3.8) is 0 Å². The molecule has 2 heteroatoms. The Labute approximate surface area is 89.4 Å². The van der Waals surface area contributed by atoms with E-state index in [1.807, 2.05) is 0 Å². The molecule has 0 bridgehead atoms. The van der Waals surface area contributed by atoms with Gasteiger partial charge in [0.1, 0.15) is 0 Å². The Kier molecular flexibility index (Phi) is 7.20. The van der Waals surface area contributed by atoms with Gasteiger partial charge >= 0.3 is 0 Å². The number of hydrogen-bond acceptors (Lipinski definition) is 2. The van der Waals surface area contributed by atoms with Crippen LogP contribution in [0.4, 0.5) is 0 Å². The maximum absolute atomic E-state index is 5.70. The van der Waals surface area contributed by atoms with Gasteiger partial charge in [0.15, 0.2) is 0 Å². The smallest absolute Gasteiger partial charge is 0.0671 e. The van der Waals surface area contributed by atoms with Crippen molar-refractivity contribution in [3.05, 3.63) is 0 Å². The topological polar surface area (TPSA) is 21.3 Å². The molecule has 0 aliphatic heterocycles. The third-order valence-electron chi connectivity index (χ3n) is 2.11. The zero-order valence-corrected chi connectivity index (χ0v) is 10.5. The van der Waals surface area contributed by atoms with Crippen molar-refractivity contribution in [2.24, 2.45) is 5.41 Å². The molecule has 1 atom stereocenters. The number of nitrogens with one attached hydrogen (secondary N) is 1. The van der Waals surface area contributed by atoms with Crippen LogP contribution in [-0.2, 0) is 4.74 Å². The van der Waals surface area contributed by atoms with E-state index < -0.39 is 0 Å². The number of rotatable bonds is 7. The second-order valence-corrected chi connectivity index (χ2v) is 5.20. The lowest BCUT2D eigenvalue weighted by molar-refractivity contribution is 0.0494. The maximum atomic E-state index is 5.70. The first-order valence-electron chi connectivity index (χ1n) is 5.78. The Balaban J connectivity index is 3.31. The van der Waals surface area contributed by atoms with Crippen molar-refractivity contribution >= 4 is 0 Å². The third kappa shape index (κ3) is 10.0. The van der Waals surface area contributed by atoms with E-state index in [1.165, 1.54) is 6.42 Å². The summed E-state index contributed by atoms with van der Waals surface area (Å²) in [5.41, 5.74) is 0.385. The van der Waals surface area contributed by atoms with E-state index in [0.717, 1.165) is 26.1 Å². The lowest BCUT2D eigenvalue weighted by atomic mass is 9.93. The highest BCUT2D eigenvalue weighted by molar-refractivity contribution is 4.61. The Morgan fingerprint density at radius 3 is 2.43 bits per heavy atom. The van der Waals surface area contributed by atoms with Crippen molar-refractivity contribution in [3.8, 4) is 0 Å². The van der Waals surface area contributed by atoms with Gasteiger partial charge < -0.3 is 10.1 Å². The van der Waals surface area contributed by atoms with Crippen LogP contribution in [0.3, 0.4) is 0 Å². The average Bonchev–Trinajstić information content (AvgIpc) is 2.02. The van der Waals surface area contributed by atoms with Crippen LogP contribution in [0.15, 0.2) is 0 Å². The first-order chi connectivity index (χ1) is 6.45. The van der Waals surface area contributed by atoms with E-state index in [2.05, 4.69) is 39.9 Å². The highest BCUT2D eigenvalue weighted by Gasteiger charge is 2.10. The molecule has 0 saturated heterocycles. The van der Waals surface area contributed by atoms with E-state index >= 15 is 0 Å². The highest BCUT2D eigenvalue weighted by atomic mass is 16.5. The molecule has 0 spiro atoms. The largest absolute Gasteiger partial charge is 0.377 e. The minimum atomic E-state index is 0.337. The summed E-state index contributed by atoms with van der Waals surface area (Å²) in [6.07, 6.45) is 2.66. The van der Waals surface area contributed by atoms with Crippen LogP contribution in [-0.4, -0.2) is 25.8 Å². The molecular formula is C12H27NO. The lowest BCUT2D eigenvalue weighted by Crippen LogP contribution is -2.28. The summed E-state index contributed by atoms with van der Waals surface area (Å²) in [5.74, 6) is 0. The molecule has 0 aliphatic rings. The predicted molar refractivity (Wildman–Crippen MR) is 62.6 cm³/mol. The lowest BCUT2D eigenvalue weighted by Gasteiger charge is -2.20. The molecule has 0 fully saturated rings. The first-order valence-corrected chi connectivity index (χ1v) is 5.78. The van der Waals surface area contributed by atoms with E-state index in [9.17, 15) is 0 Å². The number of ether oxygens (including phenoxy) is 1. The van der Waals surface area contributed by atoms with Crippen molar-refractivity contribution < 1.29 is 4.74 Å². The van der Waals surface area contributed by atoms with Crippen molar-refractivity contribution in [2.45, 2.75) is 53.6 Å². The van der Waals surface area contributed by atoms with Gasteiger partial charge in [0.25, 0.3) is 0 Å². The van der Waals surface area contributed by atoms with Crippen LogP contribution >= 0.6 is 0 Å². The molecule has 14 heavy (non-hydrogen) atoms. The molecular weight excluding hydrogens is 174 g/mol. The van der Waals surface area contributed by atoms with Crippen molar-refractivity contribution in [2.75, 3.05) is 19.7 Å². The fraction of sp³-hybridized carbons (Fsp3) is 1.00. The summed E-state index contributed by atoms with van der Waals surface area (Å²) in [6.45, 7) is 14.0. The molecule has 2 nitrogen and oxygen atoms in total. The fourth-order valence-corrected chi connectivity index (χ4v) is 1.11. The second kappa shape index (κ2) is 7.24. The number of hydrogen-bond donors (Lipinski definition) is 1.